The summed E-state index contributed by atoms with van der Waals surface area (Å²) in [4.78, 5) is 24.2. The smallest absolute Gasteiger partial charge is 0.349 e. The Morgan fingerprint density at radius 1 is 1.09 bits per heavy atom. The maximum absolute atomic E-state index is 12.3. The van der Waals surface area contributed by atoms with Gasteiger partial charge in [-0.05, 0) is 30.3 Å². The number of para-hydroxylation sites is 1. The number of hydrogen-bond acceptors (Lipinski definition) is 3. The fraction of sp³-hybridized carbons (Fsp3) is 0. The van der Waals surface area contributed by atoms with E-state index in [1.807, 2.05) is 0 Å². The molecule has 2 aromatic carbocycles. The van der Waals surface area contributed by atoms with Crippen molar-refractivity contribution in [2.24, 2.45) is 0 Å². The highest BCUT2D eigenvalue weighted by atomic mass is 16.4. The van der Waals surface area contributed by atoms with E-state index in [4.69, 9.17) is 10.8 Å². The van der Waals surface area contributed by atoms with E-state index in [1.54, 1.807) is 48.5 Å². The molecule has 1 aromatic heterocycles. The lowest BCUT2D eigenvalue weighted by atomic mass is 10.1. The molecule has 0 aliphatic carbocycles. The molecule has 3 aromatic rings. The number of rotatable bonds is 2. The number of nitrogens with one attached hydrogen (secondary N) is 1. The Morgan fingerprint density at radius 3 is 2.73 bits per heavy atom. The van der Waals surface area contributed by atoms with E-state index in [1.165, 1.54) is 6.07 Å². The van der Waals surface area contributed by atoms with Crippen LogP contribution in [-0.4, -0.2) is 5.91 Å². The van der Waals surface area contributed by atoms with Crippen molar-refractivity contribution in [2.45, 2.75) is 0 Å². The van der Waals surface area contributed by atoms with Crippen LogP contribution >= 0.6 is 0 Å². The second kappa shape index (κ2) is 5.58. The van der Waals surface area contributed by atoms with E-state index in [9.17, 15) is 9.59 Å². The molecule has 0 unspecified atom stereocenters. The van der Waals surface area contributed by atoms with Crippen LogP contribution in [0.1, 0.15) is 15.9 Å². The SMILES string of the molecule is C#Cc1cccc(NC(=O)c2cc3ccccc3oc2=O)c1. The van der Waals surface area contributed by atoms with Crippen molar-refractivity contribution in [3.05, 3.63) is 76.1 Å². The first-order valence-corrected chi connectivity index (χ1v) is 6.58. The summed E-state index contributed by atoms with van der Waals surface area (Å²) >= 11 is 0. The lowest BCUT2D eigenvalue weighted by molar-refractivity contribution is 0.102. The Balaban J connectivity index is 1.96. The van der Waals surface area contributed by atoms with Crippen LogP contribution in [0.4, 0.5) is 5.69 Å². The van der Waals surface area contributed by atoms with Gasteiger partial charge in [-0.15, -0.1) is 6.42 Å². The molecule has 3 rings (SSSR count). The normalized spacial score (nSPS) is 10.1. The van der Waals surface area contributed by atoms with E-state index in [-0.39, 0.29) is 5.56 Å². The number of benzene rings is 2. The fourth-order valence-corrected chi connectivity index (χ4v) is 2.11. The molecule has 1 amide bonds. The minimum absolute atomic E-state index is 0.0511. The van der Waals surface area contributed by atoms with Crippen molar-refractivity contribution in [2.75, 3.05) is 5.32 Å². The highest BCUT2D eigenvalue weighted by Crippen LogP contribution is 2.15. The molecule has 4 nitrogen and oxygen atoms in total. The Labute approximate surface area is 126 Å². The van der Waals surface area contributed by atoms with Crippen molar-refractivity contribution in [1.29, 1.82) is 0 Å². The Hall–Kier alpha value is -3.32. The van der Waals surface area contributed by atoms with Gasteiger partial charge in [0.2, 0.25) is 0 Å². The third-order valence-electron chi connectivity index (χ3n) is 3.17. The van der Waals surface area contributed by atoms with Gasteiger partial charge in [0.25, 0.3) is 5.91 Å². The van der Waals surface area contributed by atoms with Gasteiger partial charge in [-0.1, -0.05) is 30.2 Å². The van der Waals surface area contributed by atoms with E-state index >= 15 is 0 Å². The average Bonchev–Trinajstić information content (AvgIpc) is 2.54. The number of terminal acetylenes is 1. The fourth-order valence-electron chi connectivity index (χ4n) is 2.11. The molecule has 0 fully saturated rings. The molecular formula is C18H11NO3. The molecule has 22 heavy (non-hydrogen) atoms. The summed E-state index contributed by atoms with van der Waals surface area (Å²) in [5, 5.41) is 3.33. The van der Waals surface area contributed by atoms with E-state index in [0.29, 0.717) is 22.2 Å². The third kappa shape index (κ3) is 2.60. The van der Waals surface area contributed by atoms with Crippen LogP contribution in [0.3, 0.4) is 0 Å². The molecule has 0 radical (unpaired) electrons. The summed E-state index contributed by atoms with van der Waals surface area (Å²) in [5.74, 6) is 1.95. The van der Waals surface area contributed by atoms with Crippen LogP contribution in [0.15, 0.2) is 63.8 Å². The first-order chi connectivity index (χ1) is 10.7. The van der Waals surface area contributed by atoms with Gasteiger partial charge in [-0.25, -0.2) is 4.79 Å². The second-order valence-corrected chi connectivity index (χ2v) is 4.66. The lowest BCUT2D eigenvalue weighted by Gasteiger charge is -2.05. The highest BCUT2D eigenvalue weighted by molar-refractivity contribution is 6.05. The Morgan fingerprint density at radius 2 is 1.91 bits per heavy atom. The van der Waals surface area contributed by atoms with Crippen LogP contribution in [0.5, 0.6) is 0 Å². The van der Waals surface area contributed by atoms with Crippen molar-refractivity contribution in [3.8, 4) is 12.3 Å². The molecule has 1 N–H and O–H groups in total. The van der Waals surface area contributed by atoms with Crippen LogP contribution in [0, 0.1) is 12.3 Å². The summed E-state index contributed by atoms with van der Waals surface area (Å²) in [6.07, 6.45) is 5.32. The lowest BCUT2D eigenvalue weighted by Crippen LogP contribution is -2.20. The zero-order valence-corrected chi connectivity index (χ0v) is 11.5. The Bertz CT molecular complexity index is 964. The summed E-state index contributed by atoms with van der Waals surface area (Å²) in [5.41, 5.74) is 0.879. The first-order valence-electron chi connectivity index (χ1n) is 6.58. The van der Waals surface area contributed by atoms with Crippen LogP contribution in [0.25, 0.3) is 11.0 Å². The summed E-state index contributed by atoms with van der Waals surface area (Å²) in [7, 11) is 0. The summed E-state index contributed by atoms with van der Waals surface area (Å²) in [6, 6.07) is 15.4. The molecule has 106 valence electrons. The molecule has 0 aliphatic rings. The molecule has 0 aliphatic heterocycles. The summed E-state index contributed by atoms with van der Waals surface area (Å²) < 4.78 is 5.15. The van der Waals surface area contributed by atoms with Gasteiger partial charge < -0.3 is 9.73 Å². The van der Waals surface area contributed by atoms with Gasteiger partial charge in [0.05, 0.1) is 0 Å². The number of carbonyl (C=O) groups excluding carboxylic acids is 1. The third-order valence-corrected chi connectivity index (χ3v) is 3.17. The number of anilines is 1. The topological polar surface area (TPSA) is 59.3 Å². The standard InChI is InChI=1S/C18H11NO3/c1-2-12-6-5-8-14(10-12)19-17(20)15-11-13-7-3-4-9-16(13)22-18(15)21/h1,3-11H,(H,19,20). The van der Waals surface area contributed by atoms with Crippen LogP contribution in [-0.2, 0) is 0 Å². The second-order valence-electron chi connectivity index (χ2n) is 4.66. The maximum atomic E-state index is 12.3. The predicted molar refractivity (Wildman–Crippen MR) is 84.8 cm³/mol. The largest absolute Gasteiger partial charge is 0.422 e. The average molecular weight is 289 g/mol. The van der Waals surface area contributed by atoms with Gasteiger partial charge in [0.15, 0.2) is 0 Å². The van der Waals surface area contributed by atoms with Crippen molar-refractivity contribution < 1.29 is 9.21 Å². The minimum Gasteiger partial charge on any atom is -0.422 e. The zero-order valence-electron chi connectivity index (χ0n) is 11.5. The van der Waals surface area contributed by atoms with Gasteiger partial charge in [0.1, 0.15) is 11.1 Å². The van der Waals surface area contributed by atoms with Crippen LogP contribution < -0.4 is 10.9 Å². The van der Waals surface area contributed by atoms with E-state index in [0.717, 1.165) is 0 Å². The first kappa shape index (κ1) is 13.7. The van der Waals surface area contributed by atoms with Crippen molar-refractivity contribution >= 4 is 22.6 Å². The van der Waals surface area contributed by atoms with Gasteiger partial charge in [-0.2, -0.15) is 0 Å². The molecule has 0 saturated carbocycles. The number of fused-ring (bicyclic) bond motifs is 1. The Kier molecular flexibility index (Phi) is 3.47. The van der Waals surface area contributed by atoms with E-state index in [2.05, 4.69) is 11.2 Å². The molecule has 0 spiro atoms. The maximum Gasteiger partial charge on any atom is 0.349 e. The monoisotopic (exact) mass is 289 g/mol. The van der Waals surface area contributed by atoms with Gasteiger partial charge >= 0.3 is 5.63 Å². The zero-order chi connectivity index (χ0) is 15.5. The predicted octanol–water partition coefficient (Wildman–Crippen LogP) is 3.03. The van der Waals surface area contributed by atoms with Gasteiger partial charge in [-0.3, -0.25) is 4.79 Å². The van der Waals surface area contributed by atoms with Crippen LogP contribution in [0.2, 0.25) is 0 Å². The minimum atomic E-state index is -0.677. The number of amides is 1. The molecule has 1 heterocycles. The molecular weight excluding hydrogens is 278 g/mol. The molecule has 0 atom stereocenters. The number of hydrogen-bond donors (Lipinski definition) is 1. The molecule has 4 heteroatoms. The number of carbonyl (C=O) groups is 1. The molecule has 0 saturated heterocycles. The summed E-state index contributed by atoms with van der Waals surface area (Å²) in [6.45, 7) is 0. The van der Waals surface area contributed by atoms with Crippen molar-refractivity contribution in [1.82, 2.24) is 0 Å². The van der Waals surface area contributed by atoms with Crippen molar-refractivity contribution in [3.63, 3.8) is 0 Å². The van der Waals surface area contributed by atoms with Gasteiger partial charge in [0, 0.05) is 16.6 Å². The highest BCUT2D eigenvalue weighted by Gasteiger charge is 2.13. The van der Waals surface area contributed by atoms with E-state index < -0.39 is 11.5 Å². The molecule has 0 bridgehead atoms. The quantitative estimate of drug-likeness (QED) is 0.582.